The van der Waals surface area contributed by atoms with Crippen LogP contribution in [-0.4, -0.2) is 23.7 Å². The zero-order valence-electron chi connectivity index (χ0n) is 10.4. The molecule has 0 spiro atoms. The van der Waals surface area contributed by atoms with E-state index >= 15 is 0 Å². The van der Waals surface area contributed by atoms with E-state index in [4.69, 9.17) is 10.5 Å². The van der Waals surface area contributed by atoms with Gasteiger partial charge in [0.1, 0.15) is 5.82 Å². The van der Waals surface area contributed by atoms with Crippen LogP contribution in [0.5, 0.6) is 0 Å². The summed E-state index contributed by atoms with van der Waals surface area (Å²) in [5, 5.41) is 0. The van der Waals surface area contributed by atoms with Gasteiger partial charge in [-0.2, -0.15) is 0 Å². The molecule has 1 aromatic carbocycles. The average molecular weight is 233 g/mol. The minimum atomic E-state index is 0.460. The molecule has 1 heterocycles. The Kier molecular flexibility index (Phi) is 3.76. The van der Waals surface area contributed by atoms with Gasteiger partial charge < -0.3 is 15.5 Å². The number of aromatic nitrogens is 2. The van der Waals surface area contributed by atoms with E-state index in [0.717, 1.165) is 35.4 Å². The average Bonchev–Trinajstić information content (AvgIpc) is 2.70. The summed E-state index contributed by atoms with van der Waals surface area (Å²) in [5.74, 6) is 1.47. The van der Waals surface area contributed by atoms with Crippen molar-refractivity contribution in [2.24, 2.45) is 11.7 Å². The van der Waals surface area contributed by atoms with Gasteiger partial charge in [-0.1, -0.05) is 19.1 Å². The lowest BCUT2D eigenvalue weighted by Crippen LogP contribution is -2.07. The number of methoxy groups -OCH3 is 1. The van der Waals surface area contributed by atoms with Crippen LogP contribution in [0.15, 0.2) is 18.2 Å². The molecule has 0 radical (unpaired) electrons. The monoisotopic (exact) mass is 233 g/mol. The fourth-order valence-electron chi connectivity index (χ4n) is 2.08. The van der Waals surface area contributed by atoms with Gasteiger partial charge in [-0.05, 0) is 17.5 Å². The molecule has 2 rings (SSSR count). The highest BCUT2D eigenvalue weighted by Crippen LogP contribution is 2.17. The number of hydrogen-bond acceptors (Lipinski definition) is 3. The molecule has 3 N–H and O–H groups in total. The molecular formula is C13H19N3O. The lowest BCUT2D eigenvalue weighted by atomic mass is 10.1. The fourth-order valence-corrected chi connectivity index (χ4v) is 2.08. The number of ether oxygens (including phenoxy) is 1. The van der Waals surface area contributed by atoms with Crippen molar-refractivity contribution in [1.29, 1.82) is 0 Å². The molecule has 0 bridgehead atoms. The van der Waals surface area contributed by atoms with Crippen molar-refractivity contribution in [2.45, 2.75) is 19.9 Å². The first-order chi connectivity index (χ1) is 8.24. The standard InChI is InChI=1S/C13H19N3O/c1-9(8-17-2)6-12-15-11-5-3-4-10(7-14)13(11)16-12/h3-5,9H,6-8,14H2,1-2H3,(H,15,16). The van der Waals surface area contributed by atoms with E-state index in [1.807, 2.05) is 18.2 Å². The molecule has 1 atom stereocenters. The van der Waals surface area contributed by atoms with Crippen LogP contribution in [0.3, 0.4) is 0 Å². The zero-order valence-corrected chi connectivity index (χ0v) is 10.4. The predicted octanol–water partition coefficient (Wildman–Crippen LogP) is 1.85. The molecule has 17 heavy (non-hydrogen) atoms. The second kappa shape index (κ2) is 5.29. The number of nitrogens with zero attached hydrogens (tertiary/aromatic N) is 1. The minimum Gasteiger partial charge on any atom is -0.384 e. The number of imidazole rings is 1. The first kappa shape index (κ1) is 12.1. The van der Waals surface area contributed by atoms with E-state index < -0.39 is 0 Å². The summed E-state index contributed by atoms with van der Waals surface area (Å²) in [6.07, 6.45) is 0.895. The Bertz CT molecular complexity index is 492. The smallest absolute Gasteiger partial charge is 0.107 e. The van der Waals surface area contributed by atoms with Crippen molar-refractivity contribution in [2.75, 3.05) is 13.7 Å². The number of benzene rings is 1. The lowest BCUT2D eigenvalue weighted by Gasteiger charge is -2.06. The van der Waals surface area contributed by atoms with Gasteiger partial charge in [-0.15, -0.1) is 0 Å². The Morgan fingerprint density at radius 3 is 3.00 bits per heavy atom. The first-order valence-corrected chi connectivity index (χ1v) is 5.90. The molecule has 0 saturated carbocycles. The number of nitrogens with one attached hydrogen (secondary N) is 1. The lowest BCUT2D eigenvalue weighted by molar-refractivity contribution is 0.159. The third kappa shape index (κ3) is 2.65. The summed E-state index contributed by atoms with van der Waals surface area (Å²) in [6.45, 7) is 3.43. The molecule has 2 aromatic rings. The Morgan fingerprint density at radius 2 is 2.29 bits per heavy atom. The molecular weight excluding hydrogens is 214 g/mol. The van der Waals surface area contributed by atoms with Gasteiger partial charge in [0.25, 0.3) is 0 Å². The largest absolute Gasteiger partial charge is 0.384 e. The molecule has 92 valence electrons. The van der Waals surface area contributed by atoms with Crippen LogP contribution in [0, 0.1) is 5.92 Å². The van der Waals surface area contributed by atoms with Crippen molar-refractivity contribution in [3.05, 3.63) is 29.6 Å². The summed E-state index contributed by atoms with van der Waals surface area (Å²) < 4.78 is 5.13. The van der Waals surface area contributed by atoms with Gasteiger partial charge >= 0.3 is 0 Å². The van der Waals surface area contributed by atoms with E-state index in [1.54, 1.807) is 7.11 Å². The third-order valence-electron chi connectivity index (χ3n) is 2.86. The van der Waals surface area contributed by atoms with Crippen molar-refractivity contribution in [3.8, 4) is 0 Å². The Labute approximate surface area is 101 Å². The highest BCUT2D eigenvalue weighted by atomic mass is 16.5. The van der Waals surface area contributed by atoms with Crippen LogP contribution in [0.2, 0.25) is 0 Å². The molecule has 0 amide bonds. The maximum atomic E-state index is 5.70. The summed E-state index contributed by atoms with van der Waals surface area (Å²) in [6, 6.07) is 6.06. The topological polar surface area (TPSA) is 63.9 Å². The van der Waals surface area contributed by atoms with Gasteiger partial charge in [0, 0.05) is 26.7 Å². The molecule has 0 saturated heterocycles. The number of fused-ring (bicyclic) bond motifs is 1. The van der Waals surface area contributed by atoms with Crippen LogP contribution in [0.1, 0.15) is 18.3 Å². The SMILES string of the molecule is COCC(C)Cc1nc2c(CN)cccc2[nH]1. The molecule has 0 aliphatic rings. The van der Waals surface area contributed by atoms with Crippen LogP contribution >= 0.6 is 0 Å². The Morgan fingerprint density at radius 1 is 1.47 bits per heavy atom. The molecule has 4 nitrogen and oxygen atoms in total. The molecule has 0 aliphatic heterocycles. The Balaban J connectivity index is 2.25. The molecule has 0 aliphatic carbocycles. The molecule has 4 heteroatoms. The van der Waals surface area contributed by atoms with E-state index in [0.29, 0.717) is 12.5 Å². The molecule has 1 unspecified atom stereocenters. The van der Waals surface area contributed by atoms with Crippen molar-refractivity contribution >= 4 is 11.0 Å². The van der Waals surface area contributed by atoms with E-state index in [1.165, 1.54) is 0 Å². The summed E-state index contributed by atoms with van der Waals surface area (Å²) >= 11 is 0. The van der Waals surface area contributed by atoms with Crippen LogP contribution < -0.4 is 5.73 Å². The normalized spacial score (nSPS) is 13.1. The fraction of sp³-hybridized carbons (Fsp3) is 0.462. The van der Waals surface area contributed by atoms with E-state index in [-0.39, 0.29) is 0 Å². The van der Waals surface area contributed by atoms with Gasteiger partial charge in [0.2, 0.25) is 0 Å². The summed E-state index contributed by atoms with van der Waals surface area (Å²) in [5.41, 5.74) is 8.85. The Hall–Kier alpha value is -1.39. The predicted molar refractivity (Wildman–Crippen MR) is 68.7 cm³/mol. The van der Waals surface area contributed by atoms with Crippen LogP contribution in [-0.2, 0) is 17.7 Å². The van der Waals surface area contributed by atoms with Gasteiger partial charge in [-0.25, -0.2) is 4.98 Å². The number of aromatic amines is 1. The zero-order chi connectivity index (χ0) is 12.3. The van der Waals surface area contributed by atoms with Crippen LogP contribution in [0.25, 0.3) is 11.0 Å². The summed E-state index contributed by atoms with van der Waals surface area (Å²) in [7, 11) is 1.72. The van der Waals surface area contributed by atoms with Crippen molar-refractivity contribution < 1.29 is 4.74 Å². The van der Waals surface area contributed by atoms with Gasteiger partial charge in [0.15, 0.2) is 0 Å². The van der Waals surface area contributed by atoms with E-state index in [9.17, 15) is 0 Å². The number of H-pyrrole nitrogens is 1. The molecule has 0 fully saturated rings. The van der Waals surface area contributed by atoms with Crippen molar-refractivity contribution in [3.63, 3.8) is 0 Å². The first-order valence-electron chi connectivity index (χ1n) is 5.90. The quantitative estimate of drug-likeness (QED) is 0.828. The highest BCUT2D eigenvalue weighted by Gasteiger charge is 2.09. The number of nitrogens with two attached hydrogens (primary N) is 1. The number of para-hydroxylation sites is 1. The van der Waals surface area contributed by atoms with E-state index in [2.05, 4.69) is 16.9 Å². The number of rotatable bonds is 5. The maximum Gasteiger partial charge on any atom is 0.107 e. The number of hydrogen-bond donors (Lipinski definition) is 2. The van der Waals surface area contributed by atoms with Gasteiger partial charge in [0.05, 0.1) is 11.0 Å². The summed E-state index contributed by atoms with van der Waals surface area (Å²) in [4.78, 5) is 7.95. The highest BCUT2D eigenvalue weighted by molar-refractivity contribution is 5.78. The second-order valence-electron chi connectivity index (χ2n) is 4.47. The molecule has 1 aromatic heterocycles. The second-order valence-corrected chi connectivity index (χ2v) is 4.47. The van der Waals surface area contributed by atoms with Crippen molar-refractivity contribution in [1.82, 2.24) is 9.97 Å². The van der Waals surface area contributed by atoms with Gasteiger partial charge in [-0.3, -0.25) is 0 Å². The maximum absolute atomic E-state index is 5.70. The van der Waals surface area contributed by atoms with Crippen LogP contribution in [0.4, 0.5) is 0 Å². The third-order valence-corrected chi connectivity index (χ3v) is 2.86. The minimum absolute atomic E-state index is 0.460.